The Balaban J connectivity index is 1.36. The highest BCUT2D eigenvalue weighted by atomic mass is 35.5. The molecule has 1 amide bonds. The molecule has 1 aliphatic heterocycles. The van der Waals surface area contributed by atoms with Crippen LogP contribution in [0.4, 0.5) is 0 Å². The van der Waals surface area contributed by atoms with E-state index in [0.29, 0.717) is 18.0 Å². The van der Waals surface area contributed by atoms with Crippen LogP contribution in [0, 0.1) is 20.8 Å². The zero-order valence-electron chi connectivity index (χ0n) is 19.1. The number of hydrogen-bond donors (Lipinski definition) is 1. The molecule has 0 spiro atoms. The molecular formula is C26H31ClN4O. The zero-order valence-corrected chi connectivity index (χ0v) is 19.9. The fourth-order valence-corrected chi connectivity index (χ4v) is 4.46. The van der Waals surface area contributed by atoms with Crippen molar-refractivity contribution < 1.29 is 4.79 Å². The Morgan fingerprint density at radius 3 is 2.41 bits per heavy atom. The summed E-state index contributed by atoms with van der Waals surface area (Å²) in [5.74, 6) is -0.00108. The normalized spacial score (nSPS) is 14.1. The van der Waals surface area contributed by atoms with Crippen LogP contribution in [0.2, 0.25) is 5.02 Å². The molecule has 0 atom stereocenters. The Bertz CT molecular complexity index is 1100. The molecule has 3 aromatic rings. The van der Waals surface area contributed by atoms with Gasteiger partial charge in [-0.15, -0.1) is 0 Å². The van der Waals surface area contributed by atoms with Gasteiger partial charge in [-0.1, -0.05) is 41.9 Å². The number of rotatable bonds is 7. The standard InChI is InChI=1S/C26H31ClN4O/c1-18-6-11-23(14-25(18)27)31-20(3)24(19(2)29-31)15-26(32)28-16-21-7-9-22(10-8-21)17-30-12-4-5-13-30/h6-11,14H,4-5,12-13,15-17H2,1-3H3,(H,28,32). The molecule has 4 rings (SSSR count). The molecule has 0 saturated carbocycles. The Morgan fingerprint density at radius 1 is 1.03 bits per heavy atom. The van der Waals surface area contributed by atoms with E-state index in [0.717, 1.165) is 40.3 Å². The van der Waals surface area contributed by atoms with E-state index in [1.807, 2.05) is 43.7 Å². The molecule has 1 saturated heterocycles. The number of hydrogen-bond acceptors (Lipinski definition) is 3. The lowest BCUT2D eigenvalue weighted by Crippen LogP contribution is -2.25. The van der Waals surface area contributed by atoms with Gasteiger partial charge in [0.05, 0.1) is 17.8 Å². The van der Waals surface area contributed by atoms with E-state index in [2.05, 4.69) is 39.6 Å². The average Bonchev–Trinajstić information content (AvgIpc) is 3.39. The lowest BCUT2D eigenvalue weighted by molar-refractivity contribution is -0.120. The van der Waals surface area contributed by atoms with E-state index >= 15 is 0 Å². The highest BCUT2D eigenvalue weighted by Gasteiger charge is 2.16. The first-order valence-corrected chi connectivity index (χ1v) is 11.7. The summed E-state index contributed by atoms with van der Waals surface area (Å²) in [5.41, 5.74) is 7.16. The van der Waals surface area contributed by atoms with Gasteiger partial charge in [-0.3, -0.25) is 9.69 Å². The topological polar surface area (TPSA) is 50.2 Å². The maximum Gasteiger partial charge on any atom is 0.224 e. The van der Waals surface area contributed by atoms with Crippen LogP contribution in [0.15, 0.2) is 42.5 Å². The molecule has 5 nitrogen and oxygen atoms in total. The first-order chi connectivity index (χ1) is 15.4. The number of carbonyl (C=O) groups excluding carboxylic acids is 1. The van der Waals surface area contributed by atoms with E-state index in [1.165, 1.54) is 31.5 Å². The zero-order chi connectivity index (χ0) is 22.7. The van der Waals surface area contributed by atoms with Gasteiger partial charge in [-0.05, 0) is 75.5 Å². The van der Waals surface area contributed by atoms with Gasteiger partial charge >= 0.3 is 0 Å². The maximum absolute atomic E-state index is 12.7. The van der Waals surface area contributed by atoms with Crippen molar-refractivity contribution in [3.63, 3.8) is 0 Å². The average molecular weight is 451 g/mol. The van der Waals surface area contributed by atoms with Crippen molar-refractivity contribution in [3.8, 4) is 5.69 Å². The number of nitrogens with one attached hydrogen (secondary N) is 1. The summed E-state index contributed by atoms with van der Waals surface area (Å²) < 4.78 is 1.86. The Kier molecular flexibility index (Phi) is 6.97. The predicted molar refractivity (Wildman–Crippen MR) is 129 cm³/mol. The Labute approximate surface area is 195 Å². The van der Waals surface area contributed by atoms with Gasteiger partial charge in [0.1, 0.15) is 0 Å². The molecule has 1 N–H and O–H groups in total. The highest BCUT2D eigenvalue weighted by Crippen LogP contribution is 2.23. The number of amides is 1. The van der Waals surface area contributed by atoms with Crippen LogP contribution in [-0.2, 0) is 24.3 Å². The summed E-state index contributed by atoms with van der Waals surface area (Å²) in [6.45, 7) is 9.86. The summed E-state index contributed by atoms with van der Waals surface area (Å²) in [7, 11) is 0. The number of benzene rings is 2. The monoisotopic (exact) mass is 450 g/mol. The number of carbonyl (C=O) groups is 1. The molecule has 2 aromatic carbocycles. The van der Waals surface area contributed by atoms with Crippen LogP contribution >= 0.6 is 11.6 Å². The number of aryl methyl sites for hydroxylation is 2. The number of likely N-dealkylation sites (tertiary alicyclic amines) is 1. The van der Waals surface area contributed by atoms with Gasteiger partial charge in [-0.2, -0.15) is 5.10 Å². The van der Waals surface area contributed by atoms with Crippen LogP contribution in [0.1, 0.15) is 46.5 Å². The van der Waals surface area contributed by atoms with Crippen LogP contribution in [0.5, 0.6) is 0 Å². The molecule has 32 heavy (non-hydrogen) atoms. The maximum atomic E-state index is 12.7. The molecule has 1 aliphatic rings. The van der Waals surface area contributed by atoms with Crippen molar-refractivity contribution in [1.82, 2.24) is 20.0 Å². The highest BCUT2D eigenvalue weighted by molar-refractivity contribution is 6.31. The number of aromatic nitrogens is 2. The van der Waals surface area contributed by atoms with Gasteiger partial charge < -0.3 is 5.32 Å². The first-order valence-electron chi connectivity index (χ1n) is 11.3. The summed E-state index contributed by atoms with van der Waals surface area (Å²) >= 11 is 6.29. The van der Waals surface area contributed by atoms with Gasteiger partial charge in [0.25, 0.3) is 0 Å². The minimum atomic E-state index is -0.00108. The number of nitrogens with zero attached hydrogens (tertiary/aromatic N) is 3. The molecule has 168 valence electrons. The van der Waals surface area contributed by atoms with Gasteiger partial charge in [0.15, 0.2) is 0 Å². The smallest absolute Gasteiger partial charge is 0.224 e. The lowest BCUT2D eigenvalue weighted by Gasteiger charge is -2.14. The number of halogens is 1. The van der Waals surface area contributed by atoms with Gasteiger partial charge in [-0.25, -0.2) is 4.68 Å². The Hall–Kier alpha value is -2.63. The van der Waals surface area contributed by atoms with Crippen molar-refractivity contribution in [2.45, 2.75) is 53.1 Å². The Morgan fingerprint density at radius 2 is 1.72 bits per heavy atom. The van der Waals surface area contributed by atoms with Crippen molar-refractivity contribution in [3.05, 3.63) is 81.1 Å². The van der Waals surface area contributed by atoms with Crippen LogP contribution in [-0.4, -0.2) is 33.7 Å². The van der Waals surface area contributed by atoms with Gasteiger partial charge in [0.2, 0.25) is 5.91 Å². The van der Waals surface area contributed by atoms with Gasteiger partial charge in [0, 0.05) is 29.4 Å². The first kappa shape index (κ1) is 22.6. The fraction of sp³-hybridized carbons (Fsp3) is 0.385. The second-order valence-corrected chi connectivity index (χ2v) is 9.16. The van der Waals surface area contributed by atoms with Crippen LogP contribution < -0.4 is 5.32 Å². The van der Waals surface area contributed by atoms with E-state index < -0.39 is 0 Å². The molecule has 2 heterocycles. The van der Waals surface area contributed by atoms with Crippen LogP contribution in [0.3, 0.4) is 0 Å². The van der Waals surface area contributed by atoms with Crippen molar-refractivity contribution >= 4 is 17.5 Å². The summed E-state index contributed by atoms with van der Waals surface area (Å²) in [6, 6.07) is 14.5. The predicted octanol–water partition coefficient (Wildman–Crippen LogP) is 4.91. The third kappa shape index (κ3) is 5.22. The van der Waals surface area contributed by atoms with E-state index in [-0.39, 0.29) is 5.91 Å². The van der Waals surface area contributed by atoms with Crippen molar-refractivity contribution in [2.24, 2.45) is 0 Å². The van der Waals surface area contributed by atoms with Crippen molar-refractivity contribution in [2.75, 3.05) is 13.1 Å². The minimum Gasteiger partial charge on any atom is -0.352 e. The van der Waals surface area contributed by atoms with Crippen molar-refractivity contribution in [1.29, 1.82) is 0 Å². The SMILES string of the molecule is Cc1ccc(-n2nc(C)c(CC(=O)NCc3ccc(CN4CCCC4)cc3)c2C)cc1Cl. The third-order valence-corrected chi connectivity index (χ3v) is 6.70. The second kappa shape index (κ2) is 9.88. The molecule has 0 bridgehead atoms. The second-order valence-electron chi connectivity index (χ2n) is 8.75. The molecule has 1 fully saturated rings. The molecule has 6 heteroatoms. The molecule has 0 unspecified atom stereocenters. The quantitative estimate of drug-likeness (QED) is 0.556. The van der Waals surface area contributed by atoms with E-state index in [9.17, 15) is 4.79 Å². The molecule has 0 radical (unpaired) electrons. The molecule has 1 aromatic heterocycles. The van der Waals surface area contributed by atoms with E-state index in [4.69, 9.17) is 11.6 Å². The summed E-state index contributed by atoms with van der Waals surface area (Å²) in [5, 5.41) is 8.41. The lowest BCUT2D eigenvalue weighted by atomic mass is 10.1. The summed E-state index contributed by atoms with van der Waals surface area (Å²) in [4.78, 5) is 15.1. The fourth-order valence-electron chi connectivity index (χ4n) is 4.28. The third-order valence-electron chi connectivity index (χ3n) is 6.30. The molecule has 0 aliphatic carbocycles. The minimum absolute atomic E-state index is 0.00108. The van der Waals surface area contributed by atoms with E-state index in [1.54, 1.807) is 0 Å². The van der Waals surface area contributed by atoms with Crippen LogP contribution in [0.25, 0.3) is 5.69 Å². The summed E-state index contributed by atoms with van der Waals surface area (Å²) in [6.07, 6.45) is 2.92. The largest absolute Gasteiger partial charge is 0.352 e. The molecular weight excluding hydrogens is 420 g/mol.